The van der Waals surface area contributed by atoms with Gasteiger partial charge in [-0.15, -0.1) is 0 Å². The Hall–Kier alpha value is -1.78. The second kappa shape index (κ2) is 5.91. The molecular weight excluding hydrogens is 242 g/mol. The minimum atomic E-state index is -0.171. The fourth-order valence-corrected chi connectivity index (χ4v) is 2.37. The maximum Gasteiger partial charge on any atom is 0.251 e. The zero-order valence-corrected chi connectivity index (χ0v) is 11.4. The van der Waals surface area contributed by atoms with E-state index in [-0.39, 0.29) is 18.0 Å². The summed E-state index contributed by atoms with van der Waals surface area (Å²) in [5.74, 6) is 0.00672. The number of anilines is 1. The predicted octanol–water partition coefficient (Wildman–Crippen LogP) is 1.14. The molecule has 0 saturated carbocycles. The van der Waals surface area contributed by atoms with Crippen LogP contribution >= 0.6 is 0 Å². The normalized spacial score (nSPS) is 16.2. The summed E-state index contributed by atoms with van der Waals surface area (Å²) < 4.78 is 1.40. The van der Waals surface area contributed by atoms with E-state index >= 15 is 0 Å². The topological polar surface area (TPSA) is 68.3 Å². The highest BCUT2D eigenvalue weighted by Crippen LogP contribution is 2.11. The Morgan fingerprint density at radius 3 is 2.53 bits per heavy atom. The van der Waals surface area contributed by atoms with E-state index in [2.05, 4.69) is 0 Å². The number of nitrogens with two attached hydrogens (primary N) is 1. The molecule has 2 heterocycles. The van der Waals surface area contributed by atoms with Crippen LogP contribution in [0.5, 0.6) is 0 Å². The third-order valence-corrected chi connectivity index (χ3v) is 3.64. The molecule has 19 heavy (non-hydrogen) atoms. The Morgan fingerprint density at radius 1 is 1.26 bits per heavy atom. The highest BCUT2D eigenvalue weighted by molar-refractivity contribution is 5.76. The van der Waals surface area contributed by atoms with E-state index < -0.39 is 0 Å². The number of aromatic nitrogens is 1. The number of nitrogen functional groups attached to an aromatic ring is 1. The van der Waals surface area contributed by atoms with Crippen LogP contribution < -0.4 is 11.3 Å². The first-order chi connectivity index (χ1) is 9.08. The zero-order valence-electron chi connectivity index (χ0n) is 11.4. The van der Waals surface area contributed by atoms with Gasteiger partial charge in [0.15, 0.2) is 0 Å². The largest absolute Gasteiger partial charge is 0.397 e. The van der Waals surface area contributed by atoms with Crippen molar-refractivity contribution >= 4 is 11.6 Å². The lowest BCUT2D eigenvalue weighted by molar-refractivity contribution is -0.131. The lowest BCUT2D eigenvalue weighted by atomic mass is 10.2. The van der Waals surface area contributed by atoms with Gasteiger partial charge in [0, 0.05) is 25.4 Å². The molecule has 2 rings (SSSR count). The first kappa shape index (κ1) is 13.6. The van der Waals surface area contributed by atoms with Gasteiger partial charge < -0.3 is 15.2 Å². The minimum absolute atomic E-state index is 0.00672. The van der Waals surface area contributed by atoms with Crippen LogP contribution in [-0.4, -0.2) is 28.5 Å². The van der Waals surface area contributed by atoms with E-state index in [1.807, 2.05) is 4.90 Å². The van der Waals surface area contributed by atoms with Gasteiger partial charge >= 0.3 is 0 Å². The molecule has 0 radical (unpaired) electrons. The number of aryl methyl sites for hydroxylation is 1. The van der Waals surface area contributed by atoms with Crippen LogP contribution in [-0.2, 0) is 11.3 Å². The number of pyridine rings is 1. The SMILES string of the molecule is Cc1cc(=O)n(CC(=O)N2CCCCCC2)cc1N. The van der Waals surface area contributed by atoms with Gasteiger partial charge in [0.1, 0.15) is 6.54 Å². The monoisotopic (exact) mass is 263 g/mol. The Bertz CT molecular complexity index is 514. The maximum atomic E-state index is 12.2. The van der Waals surface area contributed by atoms with E-state index in [0.717, 1.165) is 31.5 Å². The van der Waals surface area contributed by atoms with Crippen molar-refractivity contribution in [1.82, 2.24) is 9.47 Å². The van der Waals surface area contributed by atoms with E-state index in [9.17, 15) is 9.59 Å². The summed E-state index contributed by atoms with van der Waals surface area (Å²) in [4.78, 5) is 25.9. The molecule has 5 nitrogen and oxygen atoms in total. The summed E-state index contributed by atoms with van der Waals surface area (Å²) >= 11 is 0. The van der Waals surface area contributed by atoms with Gasteiger partial charge in [-0.2, -0.15) is 0 Å². The van der Waals surface area contributed by atoms with Crippen molar-refractivity contribution < 1.29 is 4.79 Å². The highest BCUT2D eigenvalue weighted by Gasteiger charge is 2.16. The van der Waals surface area contributed by atoms with Crippen molar-refractivity contribution in [2.75, 3.05) is 18.8 Å². The first-order valence-electron chi connectivity index (χ1n) is 6.82. The molecule has 0 unspecified atom stereocenters. The maximum absolute atomic E-state index is 12.2. The van der Waals surface area contributed by atoms with Crippen LogP contribution in [0.1, 0.15) is 31.2 Å². The molecule has 1 aromatic rings. The molecule has 0 bridgehead atoms. The average Bonchev–Trinajstić information content (AvgIpc) is 2.64. The second-order valence-corrected chi connectivity index (χ2v) is 5.17. The molecule has 0 spiro atoms. The second-order valence-electron chi connectivity index (χ2n) is 5.17. The van der Waals surface area contributed by atoms with Crippen LogP contribution in [0.15, 0.2) is 17.1 Å². The number of hydrogen-bond donors (Lipinski definition) is 1. The third kappa shape index (κ3) is 3.36. The van der Waals surface area contributed by atoms with Gasteiger partial charge in [-0.3, -0.25) is 9.59 Å². The van der Waals surface area contributed by atoms with Crippen molar-refractivity contribution in [1.29, 1.82) is 0 Å². The molecule has 2 N–H and O–H groups in total. The molecule has 0 atom stereocenters. The van der Waals surface area contributed by atoms with E-state index in [1.54, 1.807) is 13.1 Å². The summed E-state index contributed by atoms with van der Waals surface area (Å²) in [6.07, 6.45) is 6.03. The Balaban J connectivity index is 2.10. The Morgan fingerprint density at radius 2 is 1.89 bits per heavy atom. The van der Waals surface area contributed by atoms with E-state index in [0.29, 0.717) is 5.69 Å². The first-order valence-corrected chi connectivity index (χ1v) is 6.82. The van der Waals surface area contributed by atoms with Gasteiger partial charge in [0.2, 0.25) is 5.91 Å². The van der Waals surface area contributed by atoms with Crippen LogP contribution in [0.25, 0.3) is 0 Å². The van der Waals surface area contributed by atoms with Crippen LogP contribution in [0, 0.1) is 6.92 Å². The molecule has 1 fully saturated rings. The number of carbonyl (C=O) groups excluding carboxylic acids is 1. The Kier molecular flexibility index (Phi) is 4.24. The lowest BCUT2D eigenvalue weighted by Gasteiger charge is -2.20. The number of hydrogen-bond acceptors (Lipinski definition) is 3. The lowest BCUT2D eigenvalue weighted by Crippen LogP contribution is -2.37. The van der Waals surface area contributed by atoms with E-state index in [1.165, 1.54) is 23.5 Å². The zero-order chi connectivity index (χ0) is 13.8. The Labute approximate surface area is 113 Å². The van der Waals surface area contributed by atoms with Gasteiger partial charge in [-0.05, 0) is 25.3 Å². The van der Waals surface area contributed by atoms with Gasteiger partial charge in [0.05, 0.1) is 5.69 Å². The molecular formula is C14H21N3O2. The van der Waals surface area contributed by atoms with Crippen molar-refractivity contribution in [2.45, 2.75) is 39.2 Å². The fourth-order valence-electron chi connectivity index (χ4n) is 2.37. The van der Waals surface area contributed by atoms with Crippen molar-refractivity contribution in [2.24, 2.45) is 0 Å². The molecule has 104 valence electrons. The molecule has 1 saturated heterocycles. The summed E-state index contributed by atoms with van der Waals surface area (Å²) in [7, 11) is 0. The van der Waals surface area contributed by atoms with Crippen molar-refractivity contribution in [3.63, 3.8) is 0 Å². The smallest absolute Gasteiger partial charge is 0.251 e. The summed E-state index contributed by atoms with van der Waals surface area (Å²) in [5, 5.41) is 0. The molecule has 1 aliphatic rings. The van der Waals surface area contributed by atoms with E-state index in [4.69, 9.17) is 5.73 Å². The number of carbonyl (C=O) groups is 1. The summed E-state index contributed by atoms with van der Waals surface area (Å²) in [5.41, 5.74) is 6.91. The number of rotatable bonds is 2. The van der Waals surface area contributed by atoms with Gasteiger partial charge in [-0.25, -0.2) is 0 Å². The fraction of sp³-hybridized carbons (Fsp3) is 0.571. The quantitative estimate of drug-likeness (QED) is 0.870. The number of amides is 1. The molecule has 1 amide bonds. The van der Waals surface area contributed by atoms with Crippen molar-refractivity contribution in [3.8, 4) is 0 Å². The molecule has 0 aromatic carbocycles. The van der Waals surface area contributed by atoms with Crippen LogP contribution in [0.2, 0.25) is 0 Å². The van der Waals surface area contributed by atoms with Crippen molar-refractivity contribution in [3.05, 3.63) is 28.2 Å². The van der Waals surface area contributed by atoms with Crippen LogP contribution in [0.3, 0.4) is 0 Å². The summed E-state index contributed by atoms with van der Waals surface area (Å²) in [6, 6.07) is 1.48. The van der Waals surface area contributed by atoms with Gasteiger partial charge in [-0.1, -0.05) is 12.8 Å². The predicted molar refractivity (Wildman–Crippen MR) is 74.9 cm³/mol. The highest BCUT2D eigenvalue weighted by atomic mass is 16.2. The van der Waals surface area contributed by atoms with Crippen LogP contribution in [0.4, 0.5) is 5.69 Å². The molecule has 5 heteroatoms. The number of nitrogens with zero attached hydrogens (tertiary/aromatic N) is 2. The standard InChI is InChI=1S/C14H21N3O2/c1-11-8-13(18)17(9-12(11)15)10-14(19)16-6-4-2-3-5-7-16/h8-9H,2-7,10,15H2,1H3. The molecule has 1 aromatic heterocycles. The number of likely N-dealkylation sites (tertiary alicyclic amines) is 1. The molecule has 1 aliphatic heterocycles. The van der Waals surface area contributed by atoms with Gasteiger partial charge in [0.25, 0.3) is 5.56 Å². The minimum Gasteiger partial charge on any atom is -0.397 e. The molecule has 0 aliphatic carbocycles. The summed E-state index contributed by atoms with van der Waals surface area (Å²) in [6.45, 7) is 3.48. The third-order valence-electron chi connectivity index (χ3n) is 3.64. The average molecular weight is 263 g/mol.